The maximum atomic E-state index is 6.03. The highest BCUT2D eigenvalue weighted by Gasteiger charge is 2.08. The van der Waals surface area contributed by atoms with Crippen LogP contribution in [0, 0.1) is 0 Å². The van der Waals surface area contributed by atoms with Crippen LogP contribution >= 0.6 is 39.9 Å². The Morgan fingerprint density at radius 3 is 2.40 bits per heavy atom. The zero-order chi connectivity index (χ0) is 16.8. The number of hydrogen-bond donors (Lipinski definition) is 0. The number of thiazole rings is 1. The van der Waals surface area contributed by atoms with E-state index in [4.69, 9.17) is 16.6 Å². The van der Waals surface area contributed by atoms with Crippen molar-refractivity contribution < 1.29 is 0 Å². The lowest BCUT2D eigenvalue weighted by molar-refractivity contribution is 0.596. The van der Waals surface area contributed by atoms with Crippen molar-refractivity contribution in [1.29, 1.82) is 0 Å². The van der Waals surface area contributed by atoms with Gasteiger partial charge in [-0.15, -0.1) is 28.3 Å². The van der Waals surface area contributed by atoms with Crippen LogP contribution in [0.15, 0.2) is 65.0 Å². The third-order valence-corrected chi connectivity index (χ3v) is 5.02. The number of halogens is 2. The fourth-order valence-corrected chi connectivity index (χ4v) is 3.70. The van der Waals surface area contributed by atoms with E-state index in [0.717, 1.165) is 28.5 Å². The maximum absolute atomic E-state index is 6.03. The summed E-state index contributed by atoms with van der Waals surface area (Å²) in [5, 5.41) is 2.96. The van der Waals surface area contributed by atoms with Crippen LogP contribution in [0.25, 0.3) is 11.3 Å². The lowest BCUT2D eigenvalue weighted by Gasteiger charge is -2.09. The molecule has 1 aromatic heterocycles. The van der Waals surface area contributed by atoms with Gasteiger partial charge in [0.15, 0.2) is 4.80 Å². The Labute approximate surface area is 168 Å². The molecule has 0 unspecified atom stereocenters. The van der Waals surface area contributed by atoms with Crippen LogP contribution in [0.2, 0.25) is 5.02 Å². The minimum Gasteiger partial charge on any atom is -0.316 e. The van der Waals surface area contributed by atoms with E-state index in [1.165, 1.54) is 24.1 Å². The topological polar surface area (TPSA) is 17.3 Å². The molecule has 0 spiro atoms. The van der Waals surface area contributed by atoms with Gasteiger partial charge in [-0.2, -0.15) is 0 Å². The molecule has 5 heteroatoms. The number of hydrogen-bond acceptors (Lipinski definition) is 2. The van der Waals surface area contributed by atoms with E-state index in [1.807, 2.05) is 42.5 Å². The molecule has 0 atom stereocenters. The van der Waals surface area contributed by atoms with Gasteiger partial charge in [-0.1, -0.05) is 61.7 Å². The Balaban J connectivity index is 0.00000225. The lowest BCUT2D eigenvalue weighted by Crippen LogP contribution is -2.16. The van der Waals surface area contributed by atoms with E-state index in [-0.39, 0.29) is 17.0 Å². The van der Waals surface area contributed by atoms with Crippen molar-refractivity contribution in [3.8, 4) is 11.3 Å². The summed E-state index contributed by atoms with van der Waals surface area (Å²) in [5.74, 6) is 0. The van der Waals surface area contributed by atoms with Crippen molar-refractivity contribution in [1.82, 2.24) is 4.57 Å². The molecule has 0 saturated heterocycles. The Morgan fingerprint density at radius 1 is 1.00 bits per heavy atom. The summed E-state index contributed by atoms with van der Waals surface area (Å²) in [4.78, 5) is 5.88. The van der Waals surface area contributed by atoms with E-state index < -0.39 is 0 Å². The Hall–Kier alpha value is -1.36. The van der Waals surface area contributed by atoms with E-state index >= 15 is 0 Å². The van der Waals surface area contributed by atoms with Crippen LogP contribution in [0.3, 0.4) is 0 Å². The molecule has 0 N–H and O–H groups in total. The first-order chi connectivity index (χ1) is 11.8. The summed E-state index contributed by atoms with van der Waals surface area (Å²) in [6.07, 6.45) is 3.61. The first-order valence-electron chi connectivity index (χ1n) is 8.32. The number of rotatable bonds is 6. The van der Waals surface area contributed by atoms with E-state index in [2.05, 4.69) is 29.0 Å². The maximum Gasteiger partial charge on any atom is 0.190 e. The molecule has 2 aromatic carbocycles. The smallest absolute Gasteiger partial charge is 0.190 e. The number of unbranched alkanes of at least 4 members (excludes halogenated alkanes) is 2. The highest BCUT2D eigenvalue weighted by Crippen LogP contribution is 2.23. The van der Waals surface area contributed by atoms with Crippen LogP contribution < -0.4 is 4.80 Å². The highest BCUT2D eigenvalue weighted by molar-refractivity contribution is 8.93. The van der Waals surface area contributed by atoms with Crippen molar-refractivity contribution in [2.24, 2.45) is 4.99 Å². The first-order valence-corrected chi connectivity index (χ1v) is 9.57. The van der Waals surface area contributed by atoms with Gasteiger partial charge in [0.1, 0.15) is 0 Å². The second-order valence-electron chi connectivity index (χ2n) is 5.72. The normalized spacial score (nSPS) is 11.4. The van der Waals surface area contributed by atoms with E-state index in [1.54, 1.807) is 11.3 Å². The average molecular weight is 438 g/mol. The van der Waals surface area contributed by atoms with Gasteiger partial charge >= 0.3 is 0 Å². The molecular weight excluding hydrogens is 416 g/mol. The van der Waals surface area contributed by atoms with Crippen LogP contribution in [0.4, 0.5) is 5.69 Å². The Kier molecular flexibility index (Phi) is 7.94. The number of benzene rings is 2. The lowest BCUT2D eigenvalue weighted by atomic mass is 10.1. The summed E-state index contributed by atoms with van der Waals surface area (Å²) in [6, 6.07) is 18.2. The quantitative estimate of drug-likeness (QED) is 0.374. The van der Waals surface area contributed by atoms with Crippen molar-refractivity contribution >= 4 is 45.6 Å². The predicted octanol–water partition coefficient (Wildman–Crippen LogP) is 6.87. The number of para-hydroxylation sites is 1. The molecular formula is C20H22BrClN2S. The molecule has 0 aliphatic rings. The summed E-state index contributed by atoms with van der Waals surface area (Å²) < 4.78 is 2.33. The van der Waals surface area contributed by atoms with Gasteiger partial charge in [0.2, 0.25) is 0 Å². The fraction of sp³-hybridized carbons (Fsp3) is 0.250. The largest absolute Gasteiger partial charge is 0.316 e. The average Bonchev–Trinajstić information content (AvgIpc) is 2.99. The summed E-state index contributed by atoms with van der Waals surface area (Å²) in [6.45, 7) is 3.22. The summed E-state index contributed by atoms with van der Waals surface area (Å²) in [5.41, 5.74) is 3.38. The van der Waals surface area contributed by atoms with Gasteiger partial charge in [0.05, 0.1) is 11.4 Å². The SMILES string of the molecule is Br.CCCCCn1c(-c2ccc(Cl)cc2)csc1=Nc1ccccc1. The Morgan fingerprint density at radius 2 is 1.72 bits per heavy atom. The highest BCUT2D eigenvalue weighted by atomic mass is 79.9. The van der Waals surface area contributed by atoms with E-state index in [9.17, 15) is 0 Å². The molecule has 3 rings (SSSR count). The van der Waals surface area contributed by atoms with Crippen molar-refractivity contribution in [3.63, 3.8) is 0 Å². The second kappa shape index (κ2) is 9.95. The monoisotopic (exact) mass is 436 g/mol. The molecule has 0 amide bonds. The third kappa shape index (κ3) is 5.30. The molecule has 0 aliphatic carbocycles. The standard InChI is InChI=1S/C20H21ClN2S.BrH/c1-2-3-7-14-23-19(16-10-12-17(21)13-11-16)15-24-20(23)22-18-8-5-4-6-9-18;/h4-6,8-13,15H,2-3,7,14H2,1H3;1H. The third-order valence-electron chi connectivity index (χ3n) is 3.90. The van der Waals surface area contributed by atoms with Crippen molar-refractivity contribution in [2.75, 3.05) is 0 Å². The van der Waals surface area contributed by atoms with Gasteiger partial charge in [-0.25, -0.2) is 4.99 Å². The zero-order valence-electron chi connectivity index (χ0n) is 14.2. The van der Waals surface area contributed by atoms with Crippen LogP contribution in [-0.2, 0) is 6.54 Å². The summed E-state index contributed by atoms with van der Waals surface area (Å²) >= 11 is 7.72. The molecule has 25 heavy (non-hydrogen) atoms. The number of nitrogens with zero attached hydrogens (tertiary/aromatic N) is 2. The van der Waals surface area contributed by atoms with Crippen molar-refractivity contribution in [3.05, 3.63) is 69.8 Å². The summed E-state index contributed by atoms with van der Waals surface area (Å²) in [7, 11) is 0. The van der Waals surface area contributed by atoms with Gasteiger partial charge in [0, 0.05) is 16.9 Å². The minimum absolute atomic E-state index is 0. The first kappa shape index (κ1) is 20.0. The molecule has 0 radical (unpaired) electrons. The van der Waals surface area contributed by atoms with Gasteiger partial charge in [-0.05, 0) is 36.2 Å². The van der Waals surface area contributed by atoms with Gasteiger partial charge in [-0.3, -0.25) is 0 Å². The Bertz CT molecular complexity index is 838. The van der Waals surface area contributed by atoms with Gasteiger partial charge in [0.25, 0.3) is 0 Å². The van der Waals surface area contributed by atoms with Gasteiger partial charge < -0.3 is 4.57 Å². The molecule has 0 bridgehead atoms. The van der Waals surface area contributed by atoms with Crippen LogP contribution in [0.5, 0.6) is 0 Å². The van der Waals surface area contributed by atoms with E-state index in [0.29, 0.717) is 0 Å². The molecule has 0 fully saturated rings. The molecule has 2 nitrogen and oxygen atoms in total. The van der Waals surface area contributed by atoms with Crippen LogP contribution in [0.1, 0.15) is 26.2 Å². The molecule has 3 aromatic rings. The molecule has 0 saturated carbocycles. The number of aromatic nitrogens is 1. The van der Waals surface area contributed by atoms with Crippen molar-refractivity contribution in [2.45, 2.75) is 32.7 Å². The molecule has 132 valence electrons. The predicted molar refractivity (Wildman–Crippen MR) is 114 cm³/mol. The minimum atomic E-state index is 0. The molecule has 1 heterocycles. The zero-order valence-corrected chi connectivity index (χ0v) is 17.5. The fourth-order valence-electron chi connectivity index (χ4n) is 2.62. The van der Waals surface area contributed by atoms with Crippen LogP contribution in [-0.4, -0.2) is 4.57 Å². The second-order valence-corrected chi connectivity index (χ2v) is 6.99. The molecule has 0 aliphatic heterocycles.